The lowest BCUT2D eigenvalue weighted by Gasteiger charge is -2.03. The van der Waals surface area contributed by atoms with Crippen molar-refractivity contribution in [2.24, 2.45) is 0 Å². The summed E-state index contributed by atoms with van der Waals surface area (Å²) in [5.74, 6) is -1.47. The van der Waals surface area contributed by atoms with Gasteiger partial charge in [-0.2, -0.15) is 0 Å². The van der Waals surface area contributed by atoms with Crippen LogP contribution in [0.2, 0.25) is 0 Å². The molecule has 0 saturated carbocycles. The molecule has 27 heavy (non-hydrogen) atoms. The maximum absolute atomic E-state index is 12.9. The van der Waals surface area contributed by atoms with Gasteiger partial charge in [0, 0.05) is 22.7 Å². The van der Waals surface area contributed by atoms with Gasteiger partial charge in [0.15, 0.2) is 0 Å². The van der Waals surface area contributed by atoms with Gasteiger partial charge in [0.2, 0.25) is 11.6 Å². The van der Waals surface area contributed by atoms with Crippen LogP contribution in [0.25, 0.3) is 10.9 Å². The zero-order valence-electron chi connectivity index (χ0n) is 14.3. The Labute approximate surface area is 155 Å². The average Bonchev–Trinajstić information content (AvgIpc) is 3.13. The topological polar surface area (TPSA) is 56.1 Å². The second-order valence-electron chi connectivity index (χ2n) is 6.13. The number of fused-ring (bicyclic) bond motifs is 1. The lowest BCUT2D eigenvalue weighted by molar-refractivity contribution is 0.0817. The number of carbonyl (C=O) groups is 3. The third kappa shape index (κ3) is 2.98. The molecule has 0 amide bonds. The minimum absolute atomic E-state index is 0.226. The van der Waals surface area contributed by atoms with Crippen LogP contribution in [0.4, 0.5) is 0 Å². The molecule has 4 nitrogen and oxygen atoms in total. The minimum Gasteiger partial charge on any atom is -0.285 e. The summed E-state index contributed by atoms with van der Waals surface area (Å²) in [4.78, 5) is 38.4. The van der Waals surface area contributed by atoms with Crippen LogP contribution in [-0.4, -0.2) is 22.0 Å². The Kier molecular flexibility index (Phi) is 4.22. The van der Waals surface area contributed by atoms with Crippen molar-refractivity contribution >= 4 is 28.4 Å². The maximum Gasteiger partial charge on any atom is 0.262 e. The normalized spacial score (nSPS) is 10.7. The zero-order valence-corrected chi connectivity index (χ0v) is 14.3. The van der Waals surface area contributed by atoms with Gasteiger partial charge in [0.05, 0.1) is 11.1 Å². The Morgan fingerprint density at radius 1 is 0.593 bits per heavy atom. The molecule has 1 heterocycles. The Balaban J connectivity index is 1.82. The van der Waals surface area contributed by atoms with Gasteiger partial charge in [0.25, 0.3) is 5.91 Å². The van der Waals surface area contributed by atoms with Gasteiger partial charge in [-0.05, 0) is 18.2 Å². The van der Waals surface area contributed by atoms with Gasteiger partial charge in [-0.25, -0.2) is 0 Å². The molecule has 0 aliphatic carbocycles. The molecular weight excluding hydrogens is 338 g/mol. The second-order valence-corrected chi connectivity index (χ2v) is 6.13. The molecule has 1 aromatic heterocycles. The highest BCUT2D eigenvalue weighted by molar-refractivity contribution is 6.51. The van der Waals surface area contributed by atoms with Crippen molar-refractivity contribution in [1.82, 2.24) is 4.57 Å². The number of aromatic nitrogens is 1. The van der Waals surface area contributed by atoms with E-state index in [4.69, 9.17) is 0 Å². The van der Waals surface area contributed by atoms with E-state index in [2.05, 4.69) is 0 Å². The molecule has 3 aromatic carbocycles. The van der Waals surface area contributed by atoms with Crippen molar-refractivity contribution in [3.63, 3.8) is 0 Å². The molecule has 0 unspecified atom stereocenters. The van der Waals surface area contributed by atoms with Crippen LogP contribution in [-0.2, 0) is 0 Å². The Morgan fingerprint density at radius 3 is 1.81 bits per heavy atom. The van der Waals surface area contributed by atoms with Gasteiger partial charge in [-0.3, -0.25) is 19.0 Å². The Morgan fingerprint density at radius 2 is 1.15 bits per heavy atom. The fourth-order valence-electron chi connectivity index (χ4n) is 3.09. The molecule has 4 aromatic rings. The molecule has 0 bridgehead atoms. The molecule has 0 fully saturated rings. The first-order valence-corrected chi connectivity index (χ1v) is 8.51. The molecule has 0 aliphatic rings. The van der Waals surface area contributed by atoms with Crippen LogP contribution in [0.3, 0.4) is 0 Å². The van der Waals surface area contributed by atoms with E-state index in [9.17, 15) is 14.4 Å². The van der Waals surface area contributed by atoms with Gasteiger partial charge in [0.1, 0.15) is 0 Å². The Hall–Kier alpha value is -3.79. The summed E-state index contributed by atoms with van der Waals surface area (Å²) < 4.78 is 1.43. The van der Waals surface area contributed by atoms with Crippen molar-refractivity contribution in [1.29, 1.82) is 0 Å². The molecule has 0 spiro atoms. The van der Waals surface area contributed by atoms with Crippen molar-refractivity contribution in [3.8, 4) is 0 Å². The molecule has 0 atom stereocenters. The van der Waals surface area contributed by atoms with Gasteiger partial charge in [-0.15, -0.1) is 0 Å². The van der Waals surface area contributed by atoms with Crippen molar-refractivity contribution in [2.45, 2.75) is 0 Å². The van der Waals surface area contributed by atoms with Crippen LogP contribution in [0.15, 0.2) is 91.1 Å². The predicted octanol–water partition coefficient (Wildman–Crippen LogP) is 4.40. The van der Waals surface area contributed by atoms with E-state index >= 15 is 0 Å². The van der Waals surface area contributed by atoms with Gasteiger partial charge >= 0.3 is 0 Å². The minimum atomic E-state index is -0.628. The number of nitrogens with zero attached hydrogens (tertiary/aromatic N) is 1. The lowest BCUT2D eigenvalue weighted by Crippen LogP contribution is -2.15. The van der Waals surface area contributed by atoms with Crippen molar-refractivity contribution < 1.29 is 14.4 Å². The highest BCUT2D eigenvalue weighted by atomic mass is 16.2. The van der Waals surface area contributed by atoms with Crippen LogP contribution in [0, 0.1) is 0 Å². The van der Waals surface area contributed by atoms with E-state index in [1.165, 1.54) is 10.8 Å². The maximum atomic E-state index is 12.9. The number of hydrogen-bond acceptors (Lipinski definition) is 3. The summed E-state index contributed by atoms with van der Waals surface area (Å²) in [6.07, 6.45) is 1.46. The first-order chi connectivity index (χ1) is 13.2. The van der Waals surface area contributed by atoms with E-state index in [0.29, 0.717) is 22.0 Å². The number of Topliss-reactive ketones (excluding diaryl/α,β-unsaturated/α-hetero) is 2. The van der Waals surface area contributed by atoms with E-state index in [0.717, 1.165) is 0 Å². The van der Waals surface area contributed by atoms with Crippen LogP contribution < -0.4 is 0 Å². The molecule has 0 N–H and O–H groups in total. The lowest BCUT2D eigenvalue weighted by atomic mass is 10.0. The van der Waals surface area contributed by atoms with E-state index in [-0.39, 0.29) is 11.5 Å². The van der Waals surface area contributed by atoms with E-state index in [1.54, 1.807) is 78.9 Å². The molecule has 0 radical (unpaired) electrons. The number of ketones is 2. The van der Waals surface area contributed by atoms with Crippen LogP contribution >= 0.6 is 0 Å². The summed E-state index contributed by atoms with van der Waals surface area (Å²) in [6.45, 7) is 0. The molecule has 4 rings (SSSR count). The third-order valence-electron chi connectivity index (χ3n) is 4.44. The zero-order chi connectivity index (χ0) is 18.8. The summed E-state index contributed by atoms with van der Waals surface area (Å²) in [5.41, 5.74) is 1.65. The fraction of sp³-hybridized carbons (Fsp3) is 0. The Bertz CT molecular complexity index is 1160. The van der Waals surface area contributed by atoms with Crippen molar-refractivity contribution in [3.05, 3.63) is 108 Å². The third-order valence-corrected chi connectivity index (χ3v) is 4.44. The largest absolute Gasteiger partial charge is 0.285 e. The first-order valence-electron chi connectivity index (χ1n) is 8.51. The predicted molar refractivity (Wildman–Crippen MR) is 103 cm³/mol. The molecular formula is C23H15NO3. The monoisotopic (exact) mass is 353 g/mol. The van der Waals surface area contributed by atoms with E-state index in [1.807, 2.05) is 6.07 Å². The number of benzene rings is 3. The summed E-state index contributed by atoms with van der Waals surface area (Å²) in [7, 11) is 0. The number of carbonyl (C=O) groups excluding carboxylic acids is 3. The number of hydrogen-bond donors (Lipinski definition) is 0. The second kappa shape index (κ2) is 6.84. The smallest absolute Gasteiger partial charge is 0.262 e. The van der Waals surface area contributed by atoms with Crippen molar-refractivity contribution in [2.75, 3.05) is 0 Å². The van der Waals surface area contributed by atoms with Gasteiger partial charge in [-0.1, -0.05) is 66.7 Å². The summed E-state index contributed by atoms with van der Waals surface area (Å²) in [6, 6.07) is 24.3. The quantitative estimate of drug-likeness (QED) is 0.404. The summed E-state index contributed by atoms with van der Waals surface area (Å²) in [5, 5.41) is 0.580. The first kappa shape index (κ1) is 16.7. The standard InChI is InChI=1S/C23H15NO3/c25-21(16-9-3-1-4-10-16)22(26)19-15-24(20-14-8-7-13-18(19)20)23(27)17-11-5-2-6-12-17/h1-15H. The SMILES string of the molecule is O=C(C(=O)c1cn(C(=O)c2ccccc2)c2ccccc12)c1ccccc1. The highest BCUT2D eigenvalue weighted by Gasteiger charge is 2.24. The van der Waals surface area contributed by atoms with E-state index < -0.39 is 11.6 Å². The fourth-order valence-corrected chi connectivity index (χ4v) is 3.09. The molecule has 130 valence electrons. The molecule has 0 aliphatic heterocycles. The number of para-hydroxylation sites is 1. The number of rotatable bonds is 4. The average molecular weight is 353 g/mol. The van der Waals surface area contributed by atoms with Crippen LogP contribution in [0.1, 0.15) is 31.1 Å². The molecule has 4 heteroatoms. The summed E-state index contributed by atoms with van der Waals surface area (Å²) >= 11 is 0. The van der Waals surface area contributed by atoms with Crippen LogP contribution in [0.5, 0.6) is 0 Å². The highest BCUT2D eigenvalue weighted by Crippen LogP contribution is 2.24. The molecule has 0 saturated heterocycles. The van der Waals surface area contributed by atoms with Gasteiger partial charge < -0.3 is 0 Å².